The van der Waals surface area contributed by atoms with Gasteiger partial charge in [-0.05, 0) is 54.1 Å². The Kier molecular flexibility index (Phi) is 6.33. The van der Waals surface area contributed by atoms with Gasteiger partial charge in [0.25, 0.3) is 10.0 Å². The fourth-order valence-electron chi connectivity index (χ4n) is 2.39. The molecule has 0 unspecified atom stereocenters. The monoisotopic (exact) mass is 471 g/mol. The molecule has 29 heavy (non-hydrogen) atoms. The van der Waals surface area contributed by atoms with Crippen molar-refractivity contribution in [2.45, 2.75) is 10.6 Å². The van der Waals surface area contributed by atoms with Gasteiger partial charge in [-0.25, -0.2) is 21.8 Å². The van der Waals surface area contributed by atoms with E-state index in [0.29, 0.717) is 10.6 Å². The molecule has 0 radical (unpaired) electrons. The van der Waals surface area contributed by atoms with E-state index in [9.17, 15) is 16.8 Å². The predicted octanol–water partition coefficient (Wildman–Crippen LogP) is 4.13. The number of pyridine rings is 1. The summed E-state index contributed by atoms with van der Waals surface area (Å²) in [6.07, 6.45) is 1.46. The van der Waals surface area contributed by atoms with Crippen molar-refractivity contribution in [2.75, 3.05) is 9.44 Å². The number of hydrogen-bond donors (Lipinski definition) is 2. The third kappa shape index (κ3) is 5.83. The van der Waals surface area contributed by atoms with Crippen LogP contribution in [0.1, 0.15) is 5.56 Å². The van der Waals surface area contributed by atoms with Gasteiger partial charge >= 0.3 is 0 Å². The highest BCUT2D eigenvalue weighted by molar-refractivity contribution is 7.92. The zero-order valence-electron chi connectivity index (χ0n) is 14.7. The molecule has 3 rings (SSSR count). The maximum absolute atomic E-state index is 12.4. The minimum Gasteiger partial charge on any atom is -0.283 e. The van der Waals surface area contributed by atoms with Gasteiger partial charge in [0.2, 0.25) is 10.0 Å². The lowest BCUT2D eigenvalue weighted by atomic mass is 10.2. The molecular formula is C18H15Cl2N3O4S2. The summed E-state index contributed by atoms with van der Waals surface area (Å²) in [5.41, 5.74) is 0.688. The molecule has 11 heteroatoms. The quantitative estimate of drug-likeness (QED) is 0.538. The van der Waals surface area contributed by atoms with Gasteiger partial charge < -0.3 is 0 Å². The second-order valence-corrected chi connectivity index (χ2v) is 10.2. The van der Waals surface area contributed by atoms with Gasteiger partial charge in [-0.1, -0.05) is 35.3 Å². The van der Waals surface area contributed by atoms with E-state index in [0.717, 1.165) is 0 Å². The number of nitrogens with zero attached hydrogens (tertiary/aromatic N) is 1. The summed E-state index contributed by atoms with van der Waals surface area (Å²) in [4.78, 5) is 3.88. The van der Waals surface area contributed by atoms with E-state index in [1.807, 2.05) is 0 Å². The second-order valence-electron chi connectivity index (χ2n) is 5.95. The molecule has 0 fully saturated rings. The molecule has 0 aliphatic carbocycles. The molecule has 0 saturated carbocycles. The summed E-state index contributed by atoms with van der Waals surface area (Å²) >= 11 is 11.7. The Bertz CT molecular complexity index is 1220. The van der Waals surface area contributed by atoms with Gasteiger partial charge in [0, 0.05) is 11.9 Å². The average molecular weight is 472 g/mol. The zero-order chi connectivity index (χ0) is 21.1. The number of halogens is 2. The molecular weight excluding hydrogens is 457 g/mol. The Morgan fingerprint density at radius 1 is 0.828 bits per heavy atom. The van der Waals surface area contributed by atoms with Crippen LogP contribution >= 0.6 is 23.2 Å². The largest absolute Gasteiger partial charge is 0.283 e. The van der Waals surface area contributed by atoms with Crippen LogP contribution in [0.5, 0.6) is 0 Å². The van der Waals surface area contributed by atoms with Crippen molar-refractivity contribution in [2.24, 2.45) is 0 Å². The third-order valence-corrected chi connectivity index (χ3v) is 7.05. The summed E-state index contributed by atoms with van der Waals surface area (Å²) in [7, 11) is -7.59. The number of nitrogens with one attached hydrogen (secondary N) is 2. The molecule has 0 aliphatic rings. The van der Waals surface area contributed by atoms with Gasteiger partial charge in [0.15, 0.2) is 0 Å². The minimum atomic E-state index is -3.85. The number of sulfonamides is 2. The topological polar surface area (TPSA) is 105 Å². The van der Waals surface area contributed by atoms with Crippen LogP contribution in [0.4, 0.5) is 11.5 Å². The van der Waals surface area contributed by atoms with E-state index in [-0.39, 0.29) is 27.2 Å². The van der Waals surface area contributed by atoms with Gasteiger partial charge in [0.1, 0.15) is 5.82 Å². The van der Waals surface area contributed by atoms with E-state index in [2.05, 4.69) is 14.4 Å². The normalized spacial score (nSPS) is 11.8. The first kappa shape index (κ1) is 21.4. The second kappa shape index (κ2) is 8.58. The SMILES string of the molecule is O=S(=O)(Cc1ccc(Cl)c(Cl)c1)Nc1ccc(S(=O)(=O)Nc2ccccn2)cc1. The van der Waals surface area contributed by atoms with Crippen LogP contribution < -0.4 is 9.44 Å². The average Bonchev–Trinajstić information content (AvgIpc) is 2.65. The summed E-state index contributed by atoms with van der Waals surface area (Å²) in [6, 6.07) is 14.7. The highest BCUT2D eigenvalue weighted by atomic mass is 35.5. The van der Waals surface area contributed by atoms with Gasteiger partial charge in [-0.3, -0.25) is 9.44 Å². The number of rotatable bonds is 7. The number of hydrogen-bond acceptors (Lipinski definition) is 5. The molecule has 0 atom stereocenters. The van der Waals surface area contributed by atoms with Crippen LogP contribution in [0.2, 0.25) is 10.0 Å². The third-order valence-electron chi connectivity index (χ3n) is 3.68. The predicted molar refractivity (Wildman–Crippen MR) is 114 cm³/mol. The van der Waals surface area contributed by atoms with Crippen LogP contribution in [0.25, 0.3) is 0 Å². The van der Waals surface area contributed by atoms with Crippen molar-refractivity contribution in [1.29, 1.82) is 0 Å². The number of benzene rings is 2. The van der Waals surface area contributed by atoms with E-state index < -0.39 is 20.0 Å². The van der Waals surface area contributed by atoms with E-state index >= 15 is 0 Å². The molecule has 152 valence electrons. The van der Waals surface area contributed by atoms with Crippen molar-refractivity contribution in [1.82, 2.24) is 4.98 Å². The number of anilines is 2. The van der Waals surface area contributed by atoms with E-state index in [1.54, 1.807) is 18.2 Å². The molecule has 2 aromatic carbocycles. The van der Waals surface area contributed by atoms with Crippen molar-refractivity contribution >= 4 is 54.8 Å². The Morgan fingerprint density at radius 2 is 1.55 bits per heavy atom. The van der Waals surface area contributed by atoms with Crippen LogP contribution in [0, 0.1) is 0 Å². The van der Waals surface area contributed by atoms with Crippen molar-refractivity contribution < 1.29 is 16.8 Å². The van der Waals surface area contributed by atoms with Crippen molar-refractivity contribution in [3.63, 3.8) is 0 Å². The Hall–Kier alpha value is -2.33. The first-order chi connectivity index (χ1) is 13.6. The summed E-state index contributed by atoms with van der Waals surface area (Å²) in [6.45, 7) is 0. The Morgan fingerprint density at radius 3 is 2.17 bits per heavy atom. The summed E-state index contributed by atoms with van der Waals surface area (Å²) < 4.78 is 54.2. The van der Waals surface area contributed by atoms with Crippen molar-refractivity contribution in [3.8, 4) is 0 Å². The summed E-state index contributed by atoms with van der Waals surface area (Å²) in [5, 5.41) is 0.589. The maximum atomic E-state index is 12.4. The Labute approximate surface area is 178 Å². The first-order valence-corrected chi connectivity index (χ1v) is 12.0. The highest BCUT2D eigenvalue weighted by Gasteiger charge is 2.16. The standard InChI is InChI=1S/C18H15Cl2N3O4S2/c19-16-9-4-13(11-17(16)20)12-28(24,25)22-14-5-7-15(8-6-14)29(26,27)23-18-3-1-2-10-21-18/h1-11,22H,12H2,(H,21,23). The fourth-order valence-corrected chi connectivity index (χ4v) is 4.90. The van der Waals surface area contributed by atoms with Gasteiger partial charge in [-0.2, -0.15) is 0 Å². The molecule has 0 amide bonds. The van der Waals surface area contributed by atoms with Crippen LogP contribution in [-0.4, -0.2) is 21.8 Å². The van der Waals surface area contributed by atoms with E-state index in [1.165, 1.54) is 48.7 Å². The van der Waals surface area contributed by atoms with Crippen LogP contribution in [0.3, 0.4) is 0 Å². The molecule has 0 spiro atoms. The van der Waals surface area contributed by atoms with Crippen LogP contribution in [0.15, 0.2) is 71.8 Å². The molecule has 3 aromatic rings. The first-order valence-electron chi connectivity index (χ1n) is 8.13. The fraction of sp³-hybridized carbons (Fsp3) is 0.0556. The van der Waals surface area contributed by atoms with Crippen molar-refractivity contribution in [3.05, 3.63) is 82.5 Å². The molecule has 1 aromatic heterocycles. The molecule has 0 bridgehead atoms. The lowest BCUT2D eigenvalue weighted by molar-refractivity contribution is 0.599. The van der Waals surface area contributed by atoms with E-state index in [4.69, 9.17) is 23.2 Å². The van der Waals surface area contributed by atoms with Gasteiger partial charge in [0.05, 0.1) is 20.7 Å². The molecule has 0 saturated heterocycles. The molecule has 0 aliphatic heterocycles. The lowest BCUT2D eigenvalue weighted by Crippen LogP contribution is -2.16. The molecule has 2 N–H and O–H groups in total. The Balaban J connectivity index is 1.71. The maximum Gasteiger partial charge on any atom is 0.263 e. The van der Waals surface area contributed by atoms with Gasteiger partial charge in [-0.15, -0.1) is 0 Å². The lowest BCUT2D eigenvalue weighted by Gasteiger charge is -2.10. The summed E-state index contributed by atoms with van der Waals surface area (Å²) in [5.74, 6) is -0.135. The zero-order valence-corrected chi connectivity index (χ0v) is 17.9. The number of aromatic nitrogens is 1. The van der Waals surface area contributed by atoms with Crippen LogP contribution in [-0.2, 0) is 25.8 Å². The minimum absolute atomic E-state index is 0.0319. The molecule has 7 nitrogen and oxygen atoms in total. The molecule has 1 heterocycles. The highest BCUT2D eigenvalue weighted by Crippen LogP contribution is 2.24. The smallest absolute Gasteiger partial charge is 0.263 e.